The molecule has 0 bridgehead atoms. The summed E-state index contributed by atoms with van der Waals surface area (Å²) in [7, 11) is 0. The van der Waals surface area contributed by atoms with Gasteiger partial charge in [-0.15, -0.1) is 6.58 Å². The van der Waals surface area contributed by atoms with Crippen molar-refractivity contribution in [1.82, 2.24) is 0 Å². The lowest BCUT2D eigenvalue weighted by Gasteiger charge is -1.87. The summed E-state index contributed by atoms with van der Waals surface area (Å²) < 4.78 is 0. The summed E-state index contributed by atoms with van der Waals surface area (Å²) in [5.41, 5.74) is 5.19. The number of thiocarbonyl (C=S) groups is 1. The predicted molar refractivity (Wildman–Crippen MR) is 31.8 cm³/mol. The number of rotatable bonds is 2. The molecule has 0 aromatic carbocycles. The van der Waals surface area contributed by atoms with Gasteiger partial charge in [-0.1, -0.05) is 18.3 Å². The highest BCUT2D eigenvalue weighted by molar-refractivity contribution is 7.79. The molecular weight excluding hydrogens is 94.1 g/mol. The zero-order valence-corrected chi connectivity index (χ0v) is 4.24. The largest absolute Gasteiger partial charge is 0.321 e. The molecule has 0 spiro atoms. The van der Waals surface area contributed by atoms with E-state index in [1.54, 1.807) is 6.08 Å². The molecule has 0 saturated heterocycles. The van der Waals surface area contributed by atoms with Gasteiger partial charge in [0.05, 0.1) is 6.04 Å². The summed E-state index contributed by atoms with van der Waals surface area (Å²) in [6.07, 6.45) is 1.59. The van der Waals surface area contributed by atoms with E-state index in [9.17, 15) is 0 Å². The second-order valence-corrected chi connectivity index (χ2v) is 1.22. The van der Waals surface area contributed by atoms with E-state index in [0.717, 1.165) is 0 Å². The minimum Gasteiger partial charge on any atom is -0.321 e. The molecule has 34 valence electrons. The first-order chi connectivity index (χ1) is 2.81. The fraction of sp³-hybridized carbons (Fsp3) is 0.250. The van der Waals surface area contributed by atoms with Gasteiger partial charge < -0.3 is 5.73 Å². The highest BCUT2D eigenvalue weighted by atomic mass is 32.1. The van der Waals surface area contributed by atoms with Crippen LogP contribution in [0.25, 0.3) is 0 Å². The van der Waals surface area contributed by atoms with Gasteiger partial charge in [-0.05, 0) is 5.37 Å². The fourth-order valence-corrected chi connectivity index (χ4v) is 0.167. The van der Waals surface area contributed by atoms with Crippen LogP contribution in [0.3, 0.4) is 0 Å². The second-order valence-electron chi connectivity index (χ2n) is 0.949. The third-order valence-corrected chi connectivity index (χ3v) is 0.744. The van der Waals surface area contributed by atoms with Gasteiger partial charge in [0.2, 0.25) is 0 Å². The Morgan fingerprint density at radius 1 is 1.83 bits per heavy atom. The minimum atomic E-state index is -0.111. The molecule has 0 aliphatic heterocycles. The van der Waals surface area contributed by atoms with Gasteiger partial charge in [-0.2, -0.15) is 0 Å². The first kappa shape index (κ1) is 5.79. The Bertz CT molecular complexity index is 52.6. The Labute approximate surface area is 42.8 Å². The lowest BCUT2D eigenvalue weighted by Crippen LogP contribution is -2.15. The summed E-state index contributed by atoms with van der Waals surface area (Å²) in [6, 6.07) is -0.111. The third kappa shape index (κ3) is 2.05. The average molecular weight is 101 g/mol. The van der Waals surface area contributed by atoms with Gasteiger partial charge in [0.1, 0.15) is 0 Å². The van der Waals surface area contributed by atoms with E-state index in [-0.39, 0.29) is 6.04 Å². The maximum atomic E-state index is 5.19. The minimum absolute atomic E-state index is 0.111. The average Bonchev–Trinajstić information content (AvgIpc) is 1.65. The van der Waals surface area contributed by atoms with Crippen LogP contribution in [0.15, 0.2) is 12.7 Å². The maximum absolute atomic E-state index is 5.19. The van der Waals surface area contributed by atoms with Crippen molar-refractivity contribution in [1.29, 1.82) is 0 Å². The Kier molecular flexibility index (Phi) is 2.89. The van der Waals surface area contributed by atoms with Crippen LogP contribution in [-0.4, -0.2) is 11.4 Å². The summed E-state index contributed by atoms with van der Waals surface area (Å²) in [5.74, 6) is 0. The Hall–Kier alpha value is -0.210. The maximum Gasteiger partial charge on any atom is 0.0512 e. The lowest BCUT2D eigenvalue weighted by atomic mass is 10.4. The topological polar surface area (TPSA) is 26.0 Å². The fourth-order valence-electron chi connectivity index (χ4n) is 0.0556. The summed E-state index contributed by atoms with van der Waals surface area (Å²) in [6.45, 7) is 3.41. The van der Waals surface area contributed by atoms with Crippen molar-refractivity contribution in [3.05, 3.63) is 12.7 Å². The van der Waals surface area contributed by atoms with Gasteiger partial charge in [-0.25, -0.2) is 0 Å². The van der Waals surface area contributed by atoms with Crippen LogP contribution < -0.4 is 5.73 Å². The molecule has 1 nitrogen and oxygen atoms in total. The molecule has 0 rings (SSSR count). The SMILES string of the molecule is C=CC(N)C=S. The van der Waals surface area contributed by atoms with Crippen molar-refractivity contribution in [2.45, 2.75) is 6.04 Å². The standard InChI is InChI=1S/C4H7NS/c1-2-4(5)3-6/h2-4H,1,5H2. The highest BCUT2D eigenvalue weighted by Gasteiger charge is 1.80. The number of nitrogens with two attached hydrogens (primary N) is 1. The third-order valence-electron chi connectivity index (χ3n) is 0.429. The first-order valence-electron chi connectivity index (χ1n) is 1.64. The summed E-state index contributed by atoms with van der Waals surface area (Å²) >= 11 is 4.45. The van der Waals surface area contributed by atoms with Crippen molar-refractivity contribution in [3.63, 3.8) is 0 Å². The van der Waals surface area contributed by atoms with E-state index in [1.807, 2.05) is 0 Å². The molecule has 0 aliphatic rings. The van der Waals surface area contributed by atoms with Crippen molar-refractivity contribution in [2.24, 2.45) is 5.73 Å². The van der Waals surface area contributed by atoms with Crippen LogP contribution in [0.2, 0.25) is 0 Å². The molecule has 0 saturated carbocycles. The van der Waals surface area contributed by atoms with Gasteiger partial charge in [0.15, 0.2) is 0 Å². The second kappa shape index (κ2) is 3.00. The summed E-state index contributed by atoms with van der Waals surface area (Å²) in [5, 5.41) is 1.47. The van der Waals surface area contributed by atoms with Crippen LogP contribution in [0, 0.1) is 0 Å². The molecule has 2 N–H and O–H groups in total. The van der Waals surface area contributed by atoms with Crippen LogP contribution in [-0.2, 0) is 0 Å². The van der Waals surface area contributed by atoms with Crippen LogP contribution in [0.4, 0.5) is 0 Å². The zero-order valence-electron chi connectivity index (χ0n) is 3.42. The molecule has 0 aromatic heterocycles. The van der Waals surface area contributed by atoms with E-state index in [0.29, 0.717) is 0 Å². The van der Waals surface area contributed by atoms with E-state index in [1.165, 1.54) is 5.37 Å². The molecule has 0 aromatic rings. The van der Waals surface area contributed by atoms with Crippen molar-refractivity contribution >= 4 is 17.6 Å². The smallest absolute Gasteiger partial charge is 0.0512 e. The lowest BCUT2D eigenvalue weighted by molar-refractivity contribution is 1.13. The van der Waals surface area contributed by atoms with Gasteiger partial charge >= 0.3 is 0 Å². The first-order valence-corrected chi connectivity index (χ1v) is 2.12. The molecule has 0 heterocycles. The molecule has 6 heavy (non-hydrogen) atoms. The molecule has 1 atom stereocenters. The van der Waals surface area contributed by atoms with Crippen molar-refractivity contribution in [2.75, 3.05) is 0 Å². The van der Waals surface area contributed by atoms with Crippen LogP contribution in [0.1, 0.15) is 0 Å². The normalized spacial score (nSPS) is 12.8. The van der Waals surface area contributed by atoms with Gasteiger partial charge in [0.25, 0.3) is 0 Å². The molecule has 1 unspecified atom stereocenters. The summed E-state index contributed by atoms with van der Waals surface area (Å²) in [4.78, 5) is 0. The Morgan fingerprint density at radius 2 is 2.33 bits per heavy atom. The van der Waals surface area contributed by atoms with E-state index >= 15 is 0 Å². The number of hydrogen-bond donors (Lipinski definition) is 1. The van der Waals surface area contributed by atoms with Crippen molar-refractivity contribution < 1.29 is 0 Å². The molecule has 0 aliphatic carbocycles. The van der Waals surface area contributed by atoms with Gasteiger partial charge in [-0.3, -0.25) is 0 Å². The monoisotopic (exact) mass is 101 g/mol. The van der Waals surface area contributed by atoms with Crippen LogP contribution in [0.5, 0.6) is 0 Å². The van der Waals surface area contributed by atoms with E-state index < -0.39 is 0 Å². The van der Waals surface area contributed by atoms with E-state index in [2.05, 4.69) is 18.8 Å². The molecule has 0 fully saturated rings. The predicted octanol–water partition coefficient (Wildman–Crippen LogP) is 0.499. The molecule has 2 heteroatoms. The van der Waals surface area contributed by atoms with Crippen LogP contribution >= 0.6 is 12.2 Å². The van der Waals surface area contributed by atoms with Gasteiger partial charge in [0, 0.05) is 0 Å². The quantitative estimate of drug-likeness (QED) is 0.405. The Morgan fingerprint density at radius 3 is 2.33 bits per heavy atom. The molecular formula is C4H7NS. The highest BCUT2D eigenvalue weighted by Crippen LogP contribution is 1.68. The number of hydrogen-bond acceptors (Lipinski definition) is 2. The molecule has 0 amide bonds. The Balaban J connectivity index is 3.21. The van der Waals surface area contributed by atoms with E-state index in [4.69, 9.17) is 5.73 Å². The zero-order chi connectivity index (χ0) is 4.99. The molecule has 0 radical (unpaired) electrons. The van der Waals surface area contributed by atoms with Crippen molar-refractivity contribution in [3.8, 4) is 0 Å².